The molecule has 23 heavy (non-hydrogen) atoms. The number of aromatic hydroxyl groups is 1. The summed E-state index contributed by atoms with van der Waals surface area (Å²) in [6, 6.07) is 7.69. The van der Waals surface area contributed by atoms with Gasteiger partial charge >= 0.3 is 0 Å². The number of phenolic OH excluding ortho intramolecular Hbond substituents is 1. The molecule has 0 radical (unpaired) electrons. The third-order valence-corrected chi connectivity index (χ3v) is 4.98. The van der Waals surface area contributed by atoms with E-state index in [0.717, 1.165) is 18.9 Å². The van der Waals surface area contributed by atoms with Crippen LogP contribution in [0.3, 0.4) is 0 Å². The van der Waals surface area contributed by atoms with E-state index in [4.69, 9.17) is 4.74 Å². The standard InChI is InChI=1S/C10H12O2.C9H15NO/c11-9-3-1-2-4-10(9)12-7-8-5-6-8;1-10-5-4-7-2-3-8(11)6-9(7)10/h1-4,8,11H,5-7H2;2-3,7-9,11H,4-6H2,1H3. The Labute approximate surface area is 138 Å². The number of benzene rings is 1. The van der Waals surface area contributed by atoms with Crippen molar-refractivity contribution in [2.45, 2.75) is 37.8 Å². The molecular formula is C19H27NO3. The van der Waals surface area contributed by atoms with Crippen molar-refractivity contribution in [1.82, 2.24) is 4.90 Å². The SMILES string of the molecule is CN1CCC2C=CC(O)CC21.Oc1ccccc1OCC1CC1. The molecule has 2 N–H and O–H groups in total. The summed E-state index contributed by atoms with van der Waals surface area (Å²) >= 11 is 0. The van der Waals surface area contributed by atoms with Crippen molar-refractivity contribution < 1.29 is 14.9 Å². The van der Waals surface area contributed by atoms with Gasteiger partial charge < -0.3 is 19.8 Å². The first kappa shape index (κ1) is 16.3. The summed E-state index contributed by atoms with van der Waals surface area (Å²) in [5, 5.41) is 18.7. The molecule has 4 nitrogen and oxygen atoms in total. The molecular weight excluding hydrogens is 290 g/mol. The number of nitrogens with zero attached hydrogens (tertiary/aromatic N) is 1. The van der Waals surface area contributed by atoms with Gasteiger partial charge in [0.1, 0.15) is 0 Å². The summed E-state index contributed by atoms with van der Waals surface area (Å²) in [6.45, 7) is 1.93. The van der Waals surface area contributed by atoms with Gasteiger partial charge in [0, 0.05) is 6.04 Å². The van der Waals surface area contributed by atoms with E-state index in [1.165, 1.54) is 25.8 Å². The van der Waals surface area contributed by atoms with Gasteiger partial charge in [0.05, 0.1) is 12.7 Å². The number of phenols is 1. The fraction of sp³-hybridized carbons (Fsp3) is 0.579. The fourth-order valence-electron chi connectivity index (χ4n) is 3.29. The van der Waals surface area contributed by atoms with Crippen molar-refractivity contribution in [2.75, 3.05) is 20.2 Å². The average Bonchev–Trinajstić information content (AvgIpc) is 3.31. The number of hydrogen-bond donors (Lipinski definition) is 2. The fourth-order valence-corrected chi connectivity index (χ4v) is 3.29. The summed E-state index contributed by atoms with van der Waals surface area (Å²) in [5.74, 6) is 2.27. The smallest absolute Gasteiger partial charge is 0.160 e. The molecule has 2 fully saturated rings. The highest BCUT2D eigenvalue weighted by Gasteiger charge is 2.33. The van der Waals surface area contributed by atoms with E-state index in [1.54, 1.807) is 18.2 Å². The molecule has 1 heterocycles. The van der Waals surface area contributed by atoms with Gasteiger partial charge in [0.25, 0.3) is 0 Å². The molecule has 3 unspecified atom stereocenters. The minimum Gasteiger partial charge on any atom is -0.504 e. The minimum atomic E-state index is -0.197. The highest BCUT2D eigenvalue weighted by Crippen LogP contribution is 2.32. The molecule has 126 valence electrons. The van der Waals surface area contributed by atoms with Crippen LogP contribution in [0.2, 0.25) is 0 Å². The Balaban J connectivity index is 0.000000136. The van der Waals surface area contributed by atoms with E-state index < -0.39 is 0 Å². The van der Waals surface area contributed by atoms with Gasteiger partial charge in [-0.2, -0.15) is 0 Å². The minimum absolute atomic E-state index is 0.197. The van der Waals surface area contributed by atoms with Gasteiger partial charge in [-0.15, -0.1) is 0 Å². The van der Waals surface area contributed by atoms with E-state index in [2.05, 4.69) is 18.0 Å². The molecule has 1 aromatic rings. The summed E-state index contributed by atoms with van der Waals surface area (Å²) in [4.78, 5) is 2.36. The Kier molecular flexibility index (Phi) is 5.23. The van der Waals surface area contributed by atoms with Crippen molar-refractivity contribution in [1.29, 1.82) is 0 Å². The molecule has 1 aliphatic heterocycles. The Bertz CT molecular complexity index is 541. The van der Waals surface area contributed by atoms with E-state index >= 15 is 0 Å². The molecule has 3 atom stereocenters. The number of aliphatic hydroxyl groups excluding tert-OH is 1. The largest absolute Gasteiger partial charge is 0.504 e. The van der Waals surface area contributed by atoms with Crippen LogP contribution in [0.5, 0.6) is 11.5 Å². The van der Waals surface area contributed by atoms with Crippen LogP contribution >= 0.6 is 0 Å². The Hall–Kier alpha value is -1.52. The number of ether oxygens (including phenoxy) is 1. The monoisotopic (exact) mass is 317 g/mol. The van der Waals surface area contributed by atoms with Crippen LogP contribution in [0.25, 0.3) is 0 Å². The zero-order valence-electron chi connectivity index (χ0n) is 13.8. The van der Waals surface area contributed by atoms with E-state index in [0.29, 0.717) is 17.7 Å². The lowest BCUT2D eigenvalue weighted by molar-refractivity contribution is 0.147. The third-order valence-electron chi connectivity index (χ3n) is 4.98. The average molecular weight is 317 g/mol. The molecule has 0 spiro atoms. The first-order valence-corrected chi connectivity index (χ1v) is 8.61. The summed E-state index contributed by atoms with van der Waals surface area (Å²) in [6.07, 6.45) is 8.67. The predicted octanol–water partition coefficient (Wildman–Crippen LogP) is 2.81. The van der Waals surface area contributed by atoms with Gasteiger partial charge in [0.2, 0.25) is 0 Å². The van der Waals surface area contributed by atoms with Gasteiger partial charge in [-0.1, -0.05) is 24.3 Å². The second-order valence-corrected chi connectivity index (χ2v) is 6.91. The summed E-state index contributed by atoms with van der Waals surface area (Å²) in [5.41, 5.74) is 0. The lowest BCUT2D eigenvalue weighted by Crippen LogP contribution is -2.34. The molecule has 3 aliphatic rings. The number of para-hydroxylation sites is 2. The highest BCUT2D eigenvalue weighted by atomic mass is 16.5. The van der Waals surface area contributed by atoms with E-state index in [9.17, 15) is 10.2 Å². The lowest BCUT2D eigenvalue weighted by atomic mass is 9.90. The van der Waals surface area contributed by atoms with Gasteiger partial charge in [-0.3, -0.25) is 0 Å². The summed E-state index contributed by atoms with van der Waals surface area (Å²) < 4.78 is 5.41. The third kappa shape index (κ3) is 4.49. The molecule has 4 heteroatoms. The topological polar surface area (TPSA) is 52.9 Å². The molecule has 0 bridgehead atoms. The molecule has 4 rings (SSSR count). The Morgan fingerprint density at radius 3 is 2.70 bits per heavy atom. The van der Waals surface area contributed by atoms with Crippen LogP contribution in [-0.2, 0) is 0 Å². The molecule has 1 saturated heterocycles. The zero-order chi connectivity index (χ0) is 16.2. The maximum Gasteiger partial charge on any atom is 0.160 e. The maximum atomic E-state index is 9.36. The van der Waals surface area contributed by atoms with E-state index in [1.807, 2.05) is 12.1 Å². The van der Waals surface area contributed by atoms with Gasteiger partial charge in [-0.25, -0.2) is 0 Å². The Morgan fingerprint density at radius 1 is 1.17 bits per heavy atom. The molecule has 1 aromatic carbocycles. The maximum absolute atomic E-state index is 9.36. The normalized spacial score (nSPS) is 29.6. The van der Waals surface area contributed by atoms with Gasteiger partial charge in [0.15, 0.2) is 11.5 Å². The number of fused-ring (bicyclic) bond motifs is 1. The van der Waals surface area contributed by atoms with Crippen molar-refractivity contribution in [2.24, 2.45) is 11.8 Å². The van der Waals surface area contributed by atoms with Gasteiger partial charge in [-0.05, 0) is 63.2 Å². The second-order valence-electron chi connectivity index (χ2n) is 6.91. The lowest BCUT2D eigenvalue weighted by Gasteiger charge is -2.28. The molecule has 1 saturated carbocycles. The van der Waals surface area contributed by atoms with Crippen molar-refractivity contribution in [3.63, 3.8) is 0 Å². The number of hydrogen-bond acceptors (Lipinski definition) is 4. The van der Waals surface area contributed by atoms with Crippen LogP contribution in [0.15, 0.2) is 36.4 Å². The second kappa shape index (κ2) is 7.37. The van der Waals surface area contributed by atoms with Crippen LogP contribution < -0.4 is 4.74 Å². The Morgan fingerprint density at radius 2 is 1.96 bits per heavy atom. The number of likely N-dealkylation sites (tertiary alicyclic amines) is 1. The first-order valence-electron chi connectivity index (χ1n) is 8.61. The number of aliphatic hydroxyl groups is 1. The van der Waals surface area contributed by atoms with Crippen molar-refractivity contribution in [3.05, 3.63) is 36.4 Å². The van der Waals surface area contributed by atoms with Crippen LogP contribution in [0, 0.1) is 11.8 Å². The van der Waals surface area contributed by atoms with Crippen LogP contribution in [0.1, 0.15) is 25.7 Å². The predicted molar refractivity (Wildman–Crippen MR) is 90.6 cm³/mol. The molecule has 2 aliphatic carbocycles. The highest BCUT2D eigenvalue weighted by molar-refractivity contribution is 5.37. The van der Waals surface area contributed by atoms with Crippen molar-refractivity contribution >= 4 is 0 Å². The first-order chi connectivity index (χ1) is 11.1. The molecule has 0 aromatic heterocycles. The zero-order valence-corrected chi connectivity index (χ0v) is 13.8. The van der Waals surface area contributed by atoms with Crippen molar-refractivity contribution in [3.8, 4) is 11.5 Å². The van der Waals surface area contributed by atoms with Crippen LogP contribution in [0.4, 0.5) is 0 Å². The summed E-state index contributed by atoms with van der Waals surface area (Å²) in [7, 11) is 2.15. The number of rotatable bonds is 3. The van der Waals surface area contributed by atoms with Crippen LogP contribution in [-0.4, -0.2) is 47.5 Å². The molecule has 0 amide bonds. The quantitative estimate of drug-likeness (QED) is 0.842. The van der Waals surface area contributed by atoms with E-state index in [-0.39, 0.29) is 11.9 Å².